The lowest BCUT2D eigenvalue weighted by atomic mass is 10.1. The highest BCUT2D eigenvalue weighted by molar-refractivity contribution is 7.11. The second kappa shape index (κ2) is 4.39. The maximum absolute atomic E-state index is 10.1. The Morgan fingerprint density at radius 3 is 2.61 bits per heavy atom. The molecular weight excluding hydrogens is 246 g/mol. The summed E-state index contributed by atoms with van der Waals surface area (Å²) in [5, 5.41) is 21.1. The fourth-order valence-corrected chi connectivity index (χ4v) is 2.93. The summed E-state index contributed by atoms with van der Waals surface area (Å²) in [5.41, 5.74) is 1.43. The Kier molecular flexibility index (Phi) is 3.19. The largest absolute Gasteiger partial charge is 0.510 e. The van der Waals surface area contributed by atoms with E-state index in [0.717, 1.165) is 17.1 Å². The normalized spacial score (nSPS) is 16.9. The molecule has 0 amide bonds. The van der Waals surface area contributed by atoms with Gasteiger partial charge in [0, 0.05) is 10.9 Å². The number of aryl methyl sites for hydroxylation is 1. The predicted octanol–water partition coefficient (Wildman–Crippen LogP) is 3.07. The van der Waals surface area contributed by atoms with Gasteiger partial charge in [0.15, 0.2) is 0 Å². The molecule has 0 radical (unpaired) electrons. The average molecular weight is 265 g/mol. The number of hydrogen-bond acceptors (Lipinski definition) is 4. The summed E-state index contributed by atoms with van der Waals surface area (Å²) in [5.74, 6) is 0.629. The first-order valence-corrected chi connectivity index (χ1v) is 6.96. The van der Waals surface area contributed by atoms with Crippen molar-refractivity contribution in [3.8, 4) is 0 Å². The quantitative estimate of drug-likeness (QED) is 0.864. The molecule has 98 valence electrons. The summed E-state index contributed by atoms with van der Waals surface area (Å²) in [6.45, 7) is 8.57. The van der Waals surface area contributed by atoms with Crippen molar-refractivity contribution in [3.63, 3.8) is 0 Å². The van der Waals surface area contributed by atoms with E-state index in [1.54, 1.807) is 0 Å². The van der Waals surface area contributed by atoms with Gasteiger partial charge in [-0.25, -0.2) is 4.98 Å². The van der Waals surface area contributed by atoms with Crippen molar-refractivity contribution in [2.45, 2.75) is 39.7 Å². The van der Waals surface area contributed by atoms with E-state index < -0.39 is 0 Å². The summed E-state index contributed by atoms with van der Waals surface area (Å²) in [6, 6.07) is 0. The molecule has 2 heterocycles. The van der Waals surface area contributed by atoms with Gasteiger partial charge in [0.25, 0.3) is 0 Å². The minimum Gasteiger partial charge on any atom is -0.510 e. The molecule has 1 aliphatic rings. The number of aliphatic hydroxyl groups excluding tert-OH is 1. The van der Waals surface area contributed by atoms with Gasteiger partial charge in [-0.15, -0.1) is 11.3 Å². The van der Waals surface area contributed by atoms with Crippen LogP contribution in [0.5, 0.6) is 0 Å². The molecule has 2 rings (SSSR count). The van der Waals surface area contributed by atoms with Gasteiger partial charge < -0.3 is 10.0 Å². The molecule has 0 saturated heterocycles. The number of aromatic nitrogens is 1. The van der Waals surface area contributed by atoms with Crippen LogP contribution in [0.15, 0.2) is 11.1 Å². The standard InChI is InChI=1S/C13H19N3OS/c1-5-8-7-18-12(15-8)10-9(17)6-16(11(10)14)13(2,3)4/h7,14,17H,5-6H2,1-4H3. The Hall–Kier alpha value is -1.36. The zero-order valence-electron chi connectivity index (χ0n) is 11.2. The third-order valence-electron chi connectivity index (χ3n) is 3.04. The molecule has 1 aliphatic heterocycles. The molecule has 4 nitrogen and oxygen atoms in total. The molecule has 0 aliphatic carbocycles. The highest BCUT2D eigenvalue weighted by atomic mass is 32.1. The molecule has 18 heavy (non-hydrogen) atoms. The van der Waals surface area contributed by atoms with Gasteiger partial charge in [-0.2, -0.15) is 0 Å². The smallest absolute Gasteiger partial charge is 0.135 e. The Balaban J connectivity index is 2.34. The Morgan fingerprint density at radius 1 is 1.50 bits per heavy atom. The van der Waals surface area contributed by atoms with E-state index in [0.29, 0.717) is 18.0 Å². The number of amidine groups is 1. The van der Waals surface area contributed by atoms with E-state index >= 15 is 0 Å². The van der Waals surface area contributed by atoms with Gasteiger partial charge >= 0.3 is 0 Å². The van der Waals surface area contributed by atoms with Crippen molar-refractivity contribution in [1.82, 2.24) is 9.88 Å². The van der Waals surface area contributed by atoms with Crippen LogP contribution in [0.4, 0.5) is 0 Å². The van der Waals surface area contributed by atoms with E-state index in [1.807, 2.05) is 31.1 Å². The summed E-state index contributed by atoms with van der Waals surface area (Å²) in [4.78, 5) is 6.35. The summed E-state index contributed by atoms with van der Waals surface area (Å²) in [6.07, 6.45) is 0.876. The predicted molar refractivity (Wildman–Crippen MR) is 75.2 cm³/mol. The first kappa shape index (κ1) is 13.1. The number of hydrogen-bond donors (Lipinski definition) is 2. The SMILES string of the molecule is CCc1csc(C2=C(O)CN(C(C)(C)C)C2=N)n1. The summed E-state index contributed by atoms with van der Waals surface area (Å²) < 4.78 is 0. The average Bonchev–Trinajstić information content (AvgIpc) is 2.82. The number of aliphatic hydroxyl groups is 1. The summed E-state index contributed by atoms with van der Waals surface area (Å²) in [7, 11) is 0. The van der Waals surface area contributed by atoms with Crippen molar-refractivity contribution in [3.05, 3.63) is 21.8 Å². The fourth-order valence-electron chi connectivity index (χ4n) is 1.96. The first-order chi connectivity index (χ1) is 8.34. The van der Waals surface area contributed by atoms with E-state index in [4.69, 9.17) is 5.41 Å². The minimum absolute atomic E-state index is 0.169. The molecule has 0 fully saturated rings. The van der Waals surface area contributed by atoms with Gasteiger partial charge in [0.2, 0.25) is 0 Å². The van der Waals surface area contributed by atoms with Gasteiger partial charge in [-0.05, 0) is 27.2 Å². The molecule has 2 N–H and O–H groups in total. The molecule has 0 unspecified atom stereocenters. The van der Waals surface area contributed by atoms with Crippen LogP contribution < -0.4 is 0 Å². The zero-order chi connectivity index (χ0) is 13.5. The van der Waals surface area contributed by atoms with Crippen molar-refractivity contribution >= 4 is 22.7 Å². The lowest BCUT2D eigenvalue weighted by Crippen LogP contribution is -2.43. The lowest BCUT2D eigenvalue weighted by Gasteiger charge is -2.33. The topological polar surface area (TPSA) is 60.2 Å². The van der Waals surface area contributed by atoms with Crippen LogP contribution in [0.1, 0.15) is 38.4 Å². The van der Waals surface area contributed by atoms with Crippen LogP contribution in [-0.4, -0.2) is 32.9 Å². The number of nitrogens with zero attached hydrogens (tertiary/aromatic N) is 2. The second-order valence-electron chi connectivity index (χ2n) is 5.42. The third-order valence-corrected chi connectivity index (χ3v) is 3.95. The van der Waals surface area contributed by atoms with Crippen LogP contribution in [0.2, 0.25) is 0 Å². The molecule has 1 aromatic heterocycles. The van der Waals surface area contributed by atoms with Gasteiger partial charge in [-0.1, -0.05) is 6.92 Å². The number of rotatable bonds is 2. The van der Waals surface area contributed by atoms with Crippen LogP contribution in [0, 0.1) is 5.41 Å². The Morgan fingerprint density at radius 2 is 2.17 bits per heavy atom. The first-order valence-electron chi connectivity index (χ1n) is 6.08. The third kappa shape index (κ3) is 2.14. The van der Waals surface area contributed by atoms with Crippen LogP contribution in [0.25, 0.3) is 5.57 Å². The highest BCUT2D eigenvalue weighted by Crippen LogP contribution is 2.33. The molecule has 1 aromatic rings. The van der Waals surface area contributed by atoms with E-state index in [9.17, 15) is 5.11 Å². The van der Waals surface area contributed by atoms with Crippen molar-refractivity contribution in [1.29, 1.82) is 5.41 Å². The van der Waals surface area contributed by atoms with Crippen LogP contribution >= 0.6 is 11.3 Å². The van der Waals surface area contributed by atoms with Crippen molar-refractivity contribution in [2.75, 3.05) is 6.54 Å². The number of thiazole rings is 1. The molecule has 0 atom stereocenters. The van der Waals surface area contributed by atoms with Crippen LogP contribution in [0.3, 0.4) is 0 Å². The lowest BCUT2D eigenvalue weighted by molar-refractivity contribution is 0.235. The molecular formula is C13H19N3OS. The maximum Gasteiger partial charge on any atom is 0.135 e. The Bertz CT molecular complexity index is 511. The second-order valence-corrected chi connectivity index (χ2v) is 6.28. The molecule has 0 spiro atoms. The molecule has 0 aromatic carbocycles. The minimum atomic E-state index is -0.169. The van der Waals surface area contributed by atoms with E-state index in [2.05, 4.69) is 11.9 Å². The number of nitrogens with one attached hydrogen (secondary N) is 1. The maximum atomic E-state index is 10.1. The van der Waals surface area contributed by atoms with Crippen molar-refractivity contribution < 1.29 is 5.11 Å². The highest BCUT2D eigenvalue weighted by Gasteiger charge is 2.35. The van der Waals surface area contributed by atoms with Gasteiger partial charge in [0.05, 0.1) is 17.8 Å². The fraction of sp³-hybridized carbons (Fsp3) is 0.538. The molecule has 5 heteroatoms. The zero-order valence-corrected chi connectivity index (χ0v) is 12.1. The monoisotopic (exact) mass is 265 g/mol. The van der Waals surface area contributed by atoms with E-state index in [1.165, 1.54) is 11.3 Å². The summed E-state index contributed by atoms with van der Waals surface area (Å²) >= 11 is 1.50. The Labute approximate surface area is 111 Å². The van der Waals surface area contributed by atoms with Crippen molar-refractivity contribution in [2.24, 2.45) is 0 Å². The van der Waals surface area contributed by atoms with Gasteiger partial charge in [-0.3, -0.25) is 5.41 Å². The van der Waals surface area contributed by atoms with Gasteiger partial charge in [0.1, 0.15) is 16.6 Å². The van der Waals surface area contributed by atoms with E-state index in [-0.39, 0.29) is 11.3 Å². The molecule has 0 bridgehead atoms. The molecule has 0 saturated carbocycles. The van der Waals surface area contributed by atoms with Crippen LogP contribution in [-0.2, 0) is 6.42 Å².